The van der Waals surface area contributed by atoms with Gasteiger partial charge in [0.15, 0.2) is 0 Å². The molecule has 0 aromatic heterocycles. The van der Waals surface area contributed by atoms with Gasteiger partial charge in [-0.25, -0.2) is 0 Å². The summed E-state index contributed by atoms with van der Waals surface area (Å²) in [5.74, 6) is 0. The summed E-state index contributed by atoms with van der Waals surface area (Å²) >= 11 is 12.8. The molecule has 0 fully saturated rings. The minimum atomic E-state index is 0.245. The van der Waals surface area contributed by atoms with Gasteiger partial charge in [-0.3, -0.25) is 0 Å². The van der Waals surface area contributed by atoms with E-state index in [-0.39, 0.29) is 3.74 Å². The van der Waals surface area contributed by atoms with Gasteiger partial charge >= 0.3 is 0 Å². The van der Waals surface area contributed by atoms with Gasteiger partial charge in [0.2, 0.25) is 0 Å². The molecular weight excluding hydrogens is 463 g/mol. The summed E-state index contributed by atoms with van der Waals surface area (Å²) in [5, 5.41) is 0.896. The predicted molar refractivity (Wildman–Crippen MR) is 72.4 cm³/mol. The number of rotatable bonds is 2. The molecule has 0 spiro atoms. The highest BCUT2D eigenvalue weighted by Gasteiger charge is 2.07. The molecule has 0 N–H and O–H groups in total. The van der Waals surface area contributed by atoms with Crippen molar-refractivity contribution in [3.8, 4) is 0 Å². The van der Waals surface area contributed by atoms with Crippen LogP contribution in [0.4, 0.5) is 0 Å². The van der Waals surface area contributed by atoms with Crippen molar-refractivity contribution in [1.29, 1.82) is 0 Å². The molecule has 0 saturated heterocycles. The smallest absolute Gasteiger partial charge is 0.0876 e. The molecule has 66 valence electrons. The third kappa shape index (κ3) is 2.96. The average molecular weight is 469 g/mol. The van der Waals surface area contributed by atoms with Gasteiger partial charge in [-0.15, -0.1) is 0 Å². The summed E-state index contributed by atoms with van der Waals surface area (Å²) in [6, 6.07) is 6.42. The monoisotopic (exact) mass is 466 g/mol. The second kappa shape index (κ2) is 5.32. The van der Waals surface area contributed by atoms with Crippen LogP contribution in [-0.2, 0) is 5.33 Å². The zero-order valence-corrected chi connectivity index (χ0v) is 12.9. The van der Waals surface area contributed by atoms with E-state index in [0.29, 0.717) is 0 Å². The SMILES string of the molecule is BrCc1cc(I)ccc1C(Br)Br. The van der Waals surface area contributed by atoms with Gasteiger partial charge in [0.05, 0.1) is 3.74 Å². The van der Waals surface area contributed by atoms with E-state index in [1.54, 1.807) is 0 Å². The maximum Gasteiger partial charge on any atom is 0.0949 e. The molecular formula is C8H6Br3I. The first-order valence-corrected chi connectivity index (χ1v) is 7.30. The Balaban J connectivity index is 3.11. The van der Waals surface area contributed by atoms with Gasteiger partial charge in [0.1, 0.15) is 0 Å². The Kier molecular flexibility index (Phi) is 5.08. The molecule has 12 heavy (non-hydrogen) atoms. The Morgan fingerprint density at radius 2 is 2.00 bits per heavy atom. The van der Waals surface area contributed by atoms with Gasteiger partial charge in [-0.2, -0.15) is 0 Å². The van der Waals surface area contributed by atoms with Crippen molar-refractivity contribution in [2.75, 3.05) is 0 Å². The maximum absolute atomic E-state index is 3.49. The largest absolute Gasteiger partial charge is 0.0949 e. The fraction of sp³-hybridized carbons (Fsp3) is 0.250. The molecule has 0 aliphatic carbocycles. The Morgan fingerprint density at radius 1 is 1.33 bits per heavy atom. The first-order valence-electron chi connectivity index (χ1n) is 3.27. The van der Waals surface area contributed by atoms with Crippen molar-refractivity contribution < 1.29 is 0 Å². The molecule has 0 saturated carbocycles. The number of alkyl halides is 3. The average Bonchev–Trinajstić information content (AvgIpc) is 2.03. The summed E-state index contributed by atoms with van der Waals surface area (Å²) < 4.78 is 1.51. The highest BCUT2D eigenvalue weighted by Crippen LogP contribution is 2.33. The predicted octanol–water partition coefficient (Wildman–Crippen LogP) is 4.97. The van der Waals surface area contributed by atoms with Gasteiger partial charge < -0.3 is 0 Å². The normalized spacial score (nSPS) is 10.8. The van der Waals surface area contributed by atoms with Crippen molar-refractivity contribution in [3.05, 3.63) is 32.9 Å². The lowest BCUT2D eigenvalue weighted by atomic mass is 10.1. The lowest BCUT2D eigenvalue weighted by Gasteiger charge is -2.08. The fourth-order valence-corrected chi connectivity index (χ4v) is 2.84. The molecule has 0 unspecified atom stereocenters. The minimum Gasteiger partial charge on any atom is -0.0876 e. The van der Waals surface area contributed by atoms with E-state index in [2.05, 4.69) is 88.6 Å². The second-order valence-electron chi connectivity index (χ2n) is 2.28. The summed E-state index contributed by atoms with van der Waals surface area (Å²) in [6.07, 6.45) is 0. The summed E-state index contributed by atoms with van der Waals surface area (Å²) in [7, 11) is 0. The van der Waals surface area contributed by atoms with Gasteiger partial charge in [-0.1, -0.05) is 53.9 Å². The highest BCUT2D eigenvalue weighted by atomic mass is 127. The van der Waals surface area contributed by atoms with Crippen LogP contribution in [0.1, 0.15) is 14.9 Å². The molecule has 1 rings (SSSR count). The van der Waals surface area contributed by atoms with E-state index in [1.165, 1.54) is 14.7 Å². The standard InChI is InChI=1S/C8H6Br3I/c9-4-5-3-6(12)1-2-7(5)8(10)11/h1-3,8H,4H2. The molecule has 0 bridgehead atoms. The quantitative estimate of drug-likeness (QED) is 0.424. The Hall–Kier alpha value is 1.39. The zero-order valence-electron chi connectivity index (χ0n) is 6.03. The molecule has 1 aromatic rings. The van der Waals surface area contributed by atoms with Crippen molar-refractivity contribution in [3.63, 3.8) is 0 Å². The van der Waals surface area contributed by atoms with Crippen LogP contribution in [0.25, 0.3) is 0 Å². The number of halogens is 4. The molecule has 0 atom stereocenters. The van der Waals surface area contributed by atoms with Crippen LogP contribution in [0.5, 0.6) is 0 Å². The number of hydrogen-bond acceptors (Lipinski definition) is 0. The summed E-state index contributed by atoms with van der Waals surface area (Å²) in [5.41, 5.74) is 2.60. The first kappa shape index (κ1) is 11.5. The molecule has 1 aromatic carbocycles. The van der Waals surface area contributed by atoms with E-state index in [4.69, 9.17) is 0 Å². The Bertz CT molecular complexity index is 273. The maximum atomic E-state index is 3.49. The molecule has 0 nitrogen and oxygen atoms in total. The molecule has 0 aliphatic heterocycles. The molecule has 0 amide bonds. The zero-order chi connectivity index (χ0) is 9.14. The van der Waals surface area contributed by atoms with Crippen LogP contribution in [0.15, 0.2) is 18.2 Å². The highest BCUT2D eigenvalue weighted by molar-refractivity contribution is 14.1. The topological polar surface area (TPSA) is 0 Å². The molecule has 0 radical (unpaired) electrons. The molecule has 0 aliphatic rings. The van der Waals surface area contributed by atoms with Crippen molar-refractivity contribution >= 4 is 70.4 Å². The van der Waals surface area contributed by atoms with Crippen molar-refractivity contribution in [2.24, 2.45) is 0 Å². The third-order valence-electron chi connectivity index (χ3n) is 1.48. The first-order chi connectivity index (χ1) is 5.65. The molecule has 0 heterocycles. The Morgan fingerprint density at radius 3 is 2.50 bits per heavy atom. The van der Waals surface area contributed by atoms with E-state index < -0.39 is 0 Å². The van der Waals surface area contributed by atoms with Crippen LogP contribution in [0.3, 0.4) is 0 Å². The van der Waals surface area contributed by atoms with E-state index >= 15 is 0 Å². The van der Waals surface area contributed by atoms with Crippen LogP contribution in [0.2, 0.25) is 0 Å². The van der Waals surface area contributed by atoms with Crippen LogP contribution < -0.4 is 0 Å². The lowest BCUT2D eigenvalue weighted by molar-refractivity contribution is 1.28. The summed E-state index contributed by atoms with van der Waals surface area (Å²) in [6.45, 7) is 0. The van der Waals surface area contributed by atoms with Crippen LogP contribution in [-0.4, -0.2) is 0 Å². The molecule has 4 heteroatoms. The second-order valence-corrected chi connectivity index (χ2v) is 7.14. The van der Waals surface area contributed by atoms with Crippen molar-refractivity contribution in [2.45, 2.75) is 9.07 Å². The van der Waals surface area contributed by atoms with E-state index in [1.807, 2.05) is 0 Å². The number of hydrogen-bond donors (Lipinski definition) is 0. The van der Waals surface area contributed by atoms with Crippen LogP contribution >= 0.6 is 70.4 Å². The fourth-order valence-electron chi connectivity index (χ4n) is 0.903. The Labute approximate surface area is 111 Å². The lowest BCUT2D eigenvalue weighted by Crippen LogP contribution is -1.90. The minimum absolute atomic E-state index is 0.245. The van der Waals surface area contributed by atoms with Crippen LogP contribution in [0, 0.1) is 3.57 Å². The third-order valence-corrected chi connectivity index (χ3v) is 3.75. The van der Waals surface area contributed by atoms with Gasteiger partial charge in [-0.05, 0) is 45.9 Å². The van der Waals surface area contributed by atoms with Crippen molar-refractivity contribution in [1.82, 2.24) is 0 Å². The van der Waals surface area contributed by atoms with E-state index in [9.17, 15) is 0 Å². The van der Waals surface area contributed by atoms with E-state index in [0.717, 1.165) is 5.33 Å². The van der Waals surface area contributed by atoms with Gasteiger partial charge in [0, 0.05) is 8.90 Å². The summed E-state index contributed by atoms with van der Waals surface area (Å²) in [4.78, 5) is 0. The van der Waals surface area contributed by atoms with Gasteiger partial charge in [0.25, 0.3) is 0 Å². The number of benzene rings is 1.